The molecule has 0 saturated heterocycles. The van der Waals surface area contributed by atoms with Crippen LogP contribution in [0.3, 0.4) is 0 Å². The van der Waals surface area contributed by atoms with Crippen LogP contribution in [0.25, 0.3) is 0 Å². The third-order valence-electron chi connectivity index (χ3n) is 3.65. The van der Waals surface area contributed by atoms with Crippen molar-refractivity contribution in [2.45, 2.75) is 37.3 Å². The predicted octanol–water partition coefficient (Wildman–Crippen LogP) is 4.10. The molecule has 6 heteroatoms. The van der Waals surface area contributed by atoms with Crippen molar-refractivity contribution in [2.75, 3.05) is 13.1 Å². The van der Waals surface area contributed by atoms with E-state index >= 15 is 0 Å². The summed E-state index contributed by atoms with van der Waals surface area (Å²) in [5.74, 6) is -0.406. The number of halogens is 1. The molecule has 0 spiro atoms. The van der Waals surface area contributed by atoms with Crippen LogP contribution < -0.4 is 5.73 Å². The SMILES string of the molecule is C=CCN=C(SC(C)CCN)N(C(=O)C(C)C=C)C1=CC(Cl)CC=C1. The van der Waals surface area contributed by atoms with E-state index in [4.69, 9.17) is 17.3 Å². The van der Waals surface area contributed by atoms with Crippen molar-refractivity contribution in [3.8, 4) is 0 Å². The molecule has 0 fully saturated rings. The highest BCUT2D eigenvalue weighted by molar-refractivity contribution is 8.14. The van der Waals surface area contributed by atoms with Crippen LogP contribution in [0.5, 0.6) is 0 Å². The smallest absolute Gasteiger partial charge is 0.239 e. The second-order valence-corrected chi connectivity index (χ2v) is 7.83. The molecule has 0 aromatic carbocycles. The highest BCUT2D eigenvalue weighted by atomic mass is 35.5. The lowest BCUT2D eigenvalue weighted by Gasteiger charge is -2.29. The average Bonchev–Trinajstić information content (AvgIpc) is 2.59. The molecule has 0 aromatic heterocycles. The molecule has 0 heterocycles. The Labute approximate surface area is 160 Å². The monoisotopic (exact) mass is 381 g/mol. The lowest BCUT2D eigenvalue weighted by Crippen LogP contribution is -2.39. The summed E-state index contributed by atoms with van der Waals surface area (Å²) >= 11 is 7.82. The first-order chi connectivity index (χ1) is 11.9. The number of amidine groups is 1. The summed E-state index contributed by atoms with van der Waals surface area (Å²) < 4.78 is 0. The zero-order valence-corrected chi connectivity index (χ0v) is 16.6. The Morgan fingerprint density at radius 2 is 2.28 bits per heavy atom. The van der Waals surface area contributed by atoms with Gasteiger partial charge in [0.1, 0.15) is 0 Å². The van der Waals surface area contributed by atoms with E-state index in [9.17, 15) is 4.79 Å². The zero-order valence-electron chi connectivity index (χ0n) is 15.0. The van der Waals surface area contributed by atoms with Gasteiger partial charge in [-0.15, -0.1) is 24.8 Å². The third kappa shape index (κ3) is 6.84. The minimum atomic E-state index is -0.329. The van der Waals surface area contributed by atoms with Crippen LogP contribution in [0.2, 0.25) is 0 Å². The van der Waals surface area contributed by atoms with Crippen LogP contribution in [-0.4, -0.2) is 39.7 Å². The molecule has 25 heavy (non-hydrogen) atoms. The number of hydrogen-bond donors (Lipinski definition) is 1. The number of aliphatic imine (C=N–C) groups is 1. The Balaban J connectivity index is 3.27. The molecule has 1 amide bonds. The first-order valence-electron chi connectivity index (χ1n) is 8.45. The fraction of sp³-hybridized carbons (Fsp3) is 0.474. The molecule has 2 N–H and O–H groups in total. The predicted molar refractivity (Wildman–Crippen MR) is 111 cm³/mol. The van der Waals surface area contributed by atoms with E-state index in [1.54, 1.807) is 28.8 Å². The van der Waals surface area contributed by atoms with E-state index in [1.165, 1.54) is 0 Å². The van der Waals surface area contributed by atoms with Gasteiger partial charge in [-0.2, -0.15) is 0 Å². The van der Waals surface area contributed by atoms with Crippen molar-refractivity contribution >= 4 is 34.4 Å². The molecule has 0 aliphatic heterocycles. The summed E-state index contributed by atoms with van der Waals surface area (Å²) in [6.07, 6.45) is 10.7. The van der Waals surface area contributed by atoms with Gasteiger partial charge >= 0.3 is 0 Å². The summed E-state index contributed by atoms with van der Waals surface area (Å²) in [4.78, 5) is 19.2. The highest BCUT2D eigenvalue weighted by Crippen LogP contribution is 2.27. The number of amides is 1. The molecule has 3 unspecified atom stereocenters. The van der Waals surface area contributed by atoms with Gasteiger partial charge in [-0.3, -0.25) is 14.7 Å². The molecule has 1 aliphatic rings. The summed E-state index contributed by atoms with van der Waals surface area (Å²) in [6, 6.07) is 0. The van der Waals surface area contributed by atoms with E-state index in [2.05, 4.69) is 25.1 Å². The van der Waals surface area contributed by atoms with E-state index in [0.717, 1.165) is 18.5 Å². The summed E-state index contributed by atoms with van der Waals surface area (Å²) in [7, 11) is 0. The summed E-state index contributed by atoms with van der Waals surface area (Å²) in [6.45, 7) is 12.4. The molecule has 0 aromatic rings. The Kier molecular flexibility index (Phi) is 9.86. The van der Waals surface area contributed by atoms with Crippen molar-refractivity contribution < 1.29 is 4.79 Å². The van der Waals surface area contributed by atoms with E-state index < -0.39 is 0 Å². The molecule has 0 bridgehead atoms. The van der Waals surface area contributed by atoms with E-state index in [-0.39, 0.29) is 22.5 Å². The number of nitrogens with zero attached hydrogens (tertiary/aromatic N) is 2. The van der Waals surface area contributed by atoms with Gasteiger partial charge in [0, 0.05) is 10.9 Å². The molecule has 4 nitrogen and oxygen atoms in total. The number of carbonyl (C=O) groups is 1. The van der Waals surface area contributed by atoms with Gasteiger partial charge in [0.15, 0.2) is 5.17 Å². The minimum absolute atomic E-state index is 0.0769. The van der Waals surface area contributed by atoms with Crippen LogP contribution in [0.1, 0.15) is 26.7 Å². The highest BCUT2D eigenvalue weighted by Gasteiger charge is 2.28. The standard InChI is InChI=1S/C19H28ClN3OS/c1-5-12-22-19(25-15(4)10-11-21)23(18(24)14(3)6-2)17-9-7-8-16(20)13-17/h5-7,9,13-16H,1-2,8,10-12,21H2,3-4H3. The largest absolute Gasteiger partial charge is 0.330 e. The normalized spacial score (nSPS) is 19.8. The molecule has 1 aliphatic carbocycles. The average molecular weight is 382 g/mol. The Morgan fingerprint density at radius 3 is 2.84 bits per heavy atom. The number of thioether (sulfide) groups is 1. The lowest BCUT2D eigenvalue weighted by molar-refractivity contribution is -0.127. The van der Waals surface area contributed by atoms with Gasteiger partial charge in [-0.25, -0.2) is 0 Å². The number of nitrogens with two attached hydrogens (primary N) is 1. The lowest BCUT2D eigenvalue weighted by atomic mass is 10.1. The van der Waals surface area contributed by atoms with Gasteiger partial charge in [0.2, 0.25) is 5.91 Å². The van der Waals surface area contributed by atoms with Crippen molar-refractivity contribution in [2.24, 2.45) is 16.6 Å². The maximum atomic E-state index is 13.0. The first kappa shape index (κ1) is 21.7. The summed E-state index contributed by atoms with van der Waals surface area (Å²) in [5.41, 5.74) is 6.42. The van der Waals surface area contributed by atoms with E-state index in [1.807, 2.05) is 25.2 Å². The number of alkyl halides is 1. The molecule has 0 radical (unpaired) electrons. The van der Waals surface area contributed by atoms with Gasteiger partial charge < -0.3 is 5.73 Å². The third-order valence-corrected chi connectivity index (χ3v) is 5.11. The van der Waals surface area contributed by atoms with Crippen molar-refractivity contribution in [3.63, 3.8) is 0 Å². The molecule has 1 rings (SSSR count). The Bertz CT molecular complexity index is 571. The second-order valence-electron chi connectivity index (χ2n) is 5.86. The second kappa shape index (κ2) is 11.3. The number of carbonyl (C=O) groups excluding carboxylic acids is 1. The van der Waals surface area contributed by atoms with E-state index in [0.29, 0.717) is 18.3 Å². The first-order valence-corrected chi connectivity index (χ1v) is 9.77. The van der Waals surface area contributed by atoms with Crippen molar-refractivity contribution in [1.82, 2.24) is 4.90 Å². The van der Waals surface area contributed by atoms with Crippen LogP contribution >= 0.6 is 23.4 Å². The molecule has 3 atom stereocenters. The minimum Gasteiger partial charge on any atom is -0.330 e. The molecular weight excluding hydrogens is 354 g/mol. The number of rotatable bonds is 8. The maximum Gasteiger partial charge on any atom is 0.239 e. The fourth-order valence-corrected chi connectivity index (χ4v) is 3.49. The summed E-state index contributed by atoms with van der Waals surface area (Å²) in [5, 5.41) is 0.741. The fourth-order valence-electron chi connectivity index (χ4n) is 2.19. The number of hydrogen-bond acceptors (Lipinski definition) is 4. The molecule has 138 valence electrons. The van der Waals surface area contributed by atoms with Crippen molar-refractivity contribution in [1.29, 1.82) is 0 Å². The van der Waals surface area contributed by atoms with Gasteiger partial charge in [-0.05, 0) is 31.5 Å². The van der Waals surface area contributed by atoms with Crippen molar-refractivity contribution in [3.05, 3.63) is 49.2 Å². The van der Waals surface area contributed by atoms with Crippen LogP contribution in [0, 0.1) is 5.92 Å². The Hall–Kier alpha value is -1.30. The van der Waals surface area contributed by atoms with Crippen LogP contribution in [0.4, 0.5) is 0 Å². The molecular formula is C19H28ClN3OS. The van der Waals surface area contributed by atoms with Gasteiger partial charge in [0.25, 0.3) is 0 Å². The maximum absolute atomic E-state index is 13.0. The van der Waals surface area contributed by atoms with Gasteiger partial charge in [-0.1, -0.05) is 43.8 Å². The number of allylic oxidation sites excluding steroid dienone is 3. The molecule has 0 saturated carbocycles. The zero-order chi connectivity index (χ0) is 18.8. The Morgan fingerprint density at radius 1 is 1.56 bits per heavy atom. The van der Waals surface area contributed by atoms with Gasteiger partial charge in [0.05, 0.1) is 17.8 Å². The van der Waals surface area contributed by atoms with Crippen LogP contribution in [-0.2, 0) is 4.79 Å². The topological polar surface area (TPSA) is 58.7 Å². The quantitative estimate of drug-likeness (QED) is 0.298. The van der Waals surface area contributed by atoms with Crippen LogP contribution in [0.15, 0.2) is 54.2 Å².